The highest BCUT2D eigenvalue weighted by Crippen LogP contribution is 2.33. The van der Waals surface area contributed by atoms with Crippen molar-refractivity contribution in [2.24, 2.45) is 0 Å². The second kappa shape index (κ2) is 5.89. The van der Waals surface area contributed by atoms with E-state index < -0.39 is 29.1 Å². The van der Waals surface area contributed by atoms with Crippen LogP contribution in [-0.2, 0) is 12.2 Å². The minimum Gasteiger partial charge on any atom is -0.429 e. The molecule has 0 saturated carbocycles. The molecule has 0 unspecified atom stereocenters. The van der Waals surface area contributed by atoms with Crippen molar-refractivity contribution >= 4 is 10.2 Å². The molecule has 0 aliphatic rings. The van der Waals surface area contributed by atoms with E-state index in [4.69, 9.17) is 0 Å². The van der Waals surface area contributed by atoms with Gasteiger partial charge in [-0.05, 0) is 25.1 Å². The fraction of sp³-hybridized carbons (Fsp3) is 0.200. The summed E-state index contributed by atoms with van der Waals surface area (Å²) < 4.78 is 59.1. The fourth-order valence-corrected chi connectivity index (χ4v) is 1.94. The molecule has 3 radical (unpaired) electrons. The molecule has 0 atom stereocenters. The second-order valence-corrected chi connectivity index (χ2v) is 4.86. The van der Waals surface area contributed by atoms with E-state index >= 15 is 0 Å². The Kier molecular flexibility index (Phi) is 4.36. The topological polar surface area (TPSA) is 9.23 Å². The van der Waals surface area contributed by atoms with Gasteiger partial charge in [-0.25, -0.2) is 8.78 Å². The van der Waals surface area contributed by atoms with Crippen molar-refractivity contribution in [3.05, 3.63) is 64.7 Å². The molecule has 0 aliphatic heterocycles. The molecule has 0 N–H and O–H groups in total. The van der Waals surface area contributed by atoms with Crippen LogP contribution in [0.4, 0.5) is 17.6 Å². The zero-order valence-electron chi connectivity index (χ0n) is 11.1. The van der Waals surface area contributed by atoms with Gasteiger partial charge in [0.2, 0.25) is 0 Å². The molecule has 0 saturated heterocycles. The van der Waals surface area contributed by atoms with Gasteiger partial charge in [0.25, 0.3) is 0 Å². The predicted octanol–water partition coefficient (Wildman–Crippen LogP) is 4.07. The highest BCUT2D eigenvalue weighted by atomic mass is 28.1. The maximum atomic E-state index is 14.0. The molecule has 2 aromatic carbocycles. The molecule has 0 aromatic heterocycles. The lowest BCUT2D eigenvalue weighted by molar-refractivity contribution is -0.185. The number of benzene rings is 2. The smallest absolute Gasteiger partial charge is 0.426 e. The van der Waals surface area contributed by atoms with Crippen molar-refractivity contribution in [3.8, 4) is 5.75 Å². The molecule has 2 aromatic rings. The van der Waals surface area contributed by atoms with Gasteiger partial charge in [-0.1, -0.05) is 17.7 Å². The summed E-state index contributed by atoms with van der Waals surface area (Å²) >= 11 is 0. The van der Waals surface area contributed by atoms with Crippen molar-refractivity contribution in [2.45, 2.75) is 19.1 Å². The average molecular weight is 311 g/mol. The second-order valence-electron chi connectivity index (χ2n) is 4.50. The van der Waals surface area contributed by atoms with Crippen LogP contribution in [0.2, 0.25) is 0 Å². The summed E-state index contributed by atoms with van der Waals surface area (Å²) in [6, 6.07) is 7.43. The average Bonchev–Trinajstić information content (AvgIpc) is 2.44. The van der Waals surface area contributed by atoms with Crippen molar-refractivity contribution < 1.29 is 22.3 Å². The Morgan fingerprint density at radius 1 is 1.05 bits per heavy atom. The standard InChI is InChI=1S/C15H11F4OSi/c1-9-13(16)6-12(7-14(9)17)20-15(18,19)11-4-2-10(8-21)3-5-11/h2-7H,8H2,1H3. The molecule has 6 heteroatoms. The first-order valence-corrected chi connectivity index (χ1v) is 6.80. The van der Waals surface area contributed by atoms with Crippen LogP contribution in [0.15, 0.2) is 36.4 Å². The predicted molar refractivity (Wildman–Crippen MR) is 71.5 cm³/mol. The first-order valence-electron chi connectivity index (χ1n) is 6.10. The third-order valence-electron chi connectivity index (χ3n) is 2.99. The highest BCUT2D eigenvalue weighted by Gasteiger charge is 2.34. The van der Waals surface area contributed by atoms with Crippen LogP contribution in [0.1, 0.15) is 16.7 Å². The monoisotopic (exact) mass is 311 g/mol. The minimum atomic E-state index is -3.68. The molecule has 1 nitrogen and oxygen atoms in total. The number of rotatable bonds is 4. The first kappa shape index (κ1) is 15.6. The fourth-order valence-electron chi connectivity index (χ4n) is 1.70. The Hall–Kier alpha value is -1.82. The first-order chi connectivity index (χ1) is 9.83. The van der Waals surface area contributed by atoms with Crippen molar-refractivity contribution in [2.75, 3.05) is 0 Å². The Bertz CT molecular complexity index is 618. The lowest BCUT2D eigenvalue weighted by atomic mass is 10.1. The third-order valence-corrected chi connectivity index (χ3v) is 3.40. The molecule has 0 heterocycles. The van der Waals surface area contributed by atoms with Crippen LogP contribution in [-0.4, -0.2) is 10.2 Å². The van der Waals surface area contributed by atoms with Crippen molar-refractivity contribution in [1.29, 1.82) is 0 Å². The van der Waals surface area contributed by atoms with E-state index in [1.807, 2.05) is 0 Å². The van der Waals surface area contributed by atoms with Gasteiger partial charge in [0.1, 0.15) is 17.4 Å². The van der Waals surface area contributed by atoms with Gasteiger partial charge in [-0.3, -0.25) is 0 Å². The number of ether oxygens (including phenoxy) is 1. The van der Waals surface area contributed by atoms with E-state index in [2.05, 4.69) is 15.0 Å². The summed E-state index contributed by atoms with van der Waals surface area (Å²) in [4.78, 5) is 0. The van der Waals surface area contributed by atoms with E-state index in [-0.39, 0.29) is 5.56 Å². The number of halogens is 4. The zero-order valence-corrected chi connectivity index (χ0v) is 12.1. The van der Waals surface area contributed by atoms with Crippen LogP contribution >= 0.6 is 0 Å². The normalized spacial score (nSPS) is 11.5. The SMILES string of the molecule is Cc1c(F)cc(OC(F)(F)c2ccc(C[Si])cc2)cc1F. The largest absolute Gasteiger partial charge is 0.429 e. The Morgan fingerprint density at radius 3 is 2.05 bits per heavy atom. The summed E-state index contributed by atoms with van der Waals surface area (Å²) in [7, 11) is 3.26. The van der Waals surface area contributed by atoms with Crippen molar-refractivity contribution in [1.82, 2.24) is 0 Å². The van der Waals surface area contributed by atoms with Gasteiger partial charge in [0.05, 0.1) is 5.56 Å². The lowest BCUT2D eigenvalue weighted by Crippen LogP contribution is -2.22. The van der Waals surface area contributed by atoms with Gasteiger partial charge >= 0.3 is 6.11 Å². The summed E-state index contributed by atoms with van der Waals surface area (Å²) in [5, 5.41) is 0. The zero-order chi connectivity index (χ0) is 15.6. The maximum Gasteiger partial charge on any atom is 0.426 e. The highest BCUT2D eigenvalue weighted by molar-refractivity contribution is 6.08. The van der Waals surface area contributed by atoms with Gasteiger partial charge < -0.3 is 4.74 Å². The van der Waals surface area contributed by atoms with Gasteiger partial charge in [-0.2, -0.15) is 8.78 Å². The molecule has 0 spiro atoms. The molecule has 0 aliphatic carbocycles. The van der Waals surface area contributed by atoms with Crippen LogP contribution in [0.5, 0.6) is 5.75 Å². The van der Waals surface area contributed by atoms with E-state index in [0.29, 0.717) is 6.04 Å². The van der Waals surface area contributed by atoms with Crippen molar-refractivity contribution in [3.63, 3.8) is 0 Å². The lowest BCUT2D eigenvalue weighted by Gasteiger charge is -2.19. The van der Waals surface area contributed by atoms with Crippen LogP contribution in [0.3, 0.4) is 0 Å². The van der Waals surface area contributed by atoms with E-state index in [1.54, 1.807) is 0 Å². The maximum absolute atomic E-state index is 14.0. The van der Waals surface area contributed by atoms with Gasteiger partial charge in [0.15, 0.2) is 0 Å². The molecule has 109 valence electrons. The molecular weight excluding hydrogens is 300 g/mol. The molecule has 2 rings (SSSR count). The van der Waals surface area contributed by atoms with Gasteiger partial charge in [-0.15, -0.1) is 0 Å². The van der Waals surface area contributed by atoms with Gasteiger partial charge in [0, 0.05) is 27.9 Å². The molecule has 0 amide bonds. The molecule has 0 bridgehead atoms. The molecule has 21 heavy (non-hydrogen) atoms. The summed E-state index contributed by atoms with van der Waals surface area (Å²) in [6.45, 7) is 1.21. The molecular formula is C15H11F4OSi. The van der Waals surface area contributed by atoms with E-state index in [0.717, 1.165) is 17.7 Å². The summed E-state index contributed by atoms with van der Waals surface area (Å²) in [5.74, 6) is -2.44. The number of hydrogen-bond acceptors (Lipinski definition) is 1. The Balaban J connectivity index is 2.27. The van der Waals surface area contributed by atoms with Crippen LogP contribution < -0.4 is 4.74 Å². The minimum absolute atomic E-state index is 0.243. The Morgan fingerprint density at radius 2 is 1.57 bits per heavy atom. The number of alkyl halides is 2. The quantitative estimate of drug-likeness (QED) is 0.611. The number of hydrogen-bond donors (Lipinski definition) is 0. The summed E-state index contributed by atoms with van der Waals surface area (Å²) in [5.41, 5.74) is 0.179. The molecule has 0 fully saturated rings. The van der Waals surface area contributed by atoms with Crippen LogP contribution in [0.25, 0.3) is 0 Å². The van der Waals surface area contributed by atoms with E-state index in [9.17, 15) is 17.6 Å². The Labute approximate surface area is 123 Å². The van der Waals surface area contributed by atoms with E-state index in [1.165, 1.54) is 31.2 Å². The summed E-state index contributed by atoms with van der Waals surface area (Å²) in [6.07, 6.45) is -3.68. The van der Waals surface area contributed by atoms with Crippen LogP contribution in [0, 0.1) is 18.6 Å². The third kappa shape index (κ3) is 3.44.